The lowest BCUT2D eigenvalue weighted by Gasteiger charge is -2.14. The Kier molecular flexibility index (Phi) is 5.22. The van der Waals surface area contributed by atoms with Gasteiger partial charge in [0.15, 0.2) is 11.6 Å². The lowest BCUT2D eigenvalue weighted by Crippen LogP contribution is -2.27. The highest BCUT2D eigenvalue weighted by Crippen LogP contribution is 2.22. The van der Waals surface area contributed by atoms with Crippen LogP contribution in [0.4, 0.5) is 8.78 Å². The van der Waals surface area contributed by atoms with Gasteiger partial charge >= 0.3 is 0 Å². The molecule has 1 heterocycles. The molecule has 0 aliphatic carbocycles. The van der Waals surface area contributed by atoms with E-state index in [1.165, 1.54) is 12.1 Å². The summed E-state index contributed by atoms with van der Waals surface area (Å²) in [5, 5.41) is 2.67. The highest BCUT2D eigenvalue weighted by atomic mass is 32.2. The molecule has 2 N–H and O–H groups in total. The third-order valence-corrected chi connectivity index (χ3v) is 5.49. The Balaban J connectivity index is 1.60. The van der Waals surface area contributed by atoms with Crippen LogP contribution in [0.3, 0.4) is 0 Å². The number of sulfonamides is 1. The number of amidine groups is 1. The monoisotopic (exact) mass is 393 g/mol. The average molecular weight is 393 g/mol. The average Bonchev–Trinajstić information content (AvgIpc) is 2.88. The molecule has 142 valence electrons. The number of nitrogens with zero attached hydrogens (tertiary/aromatic N) is 1. The maximum absolute atomic E-state index is 13.3. The minimum Gasteiger partial charge on any atom is -0.350 e. The van der Waals surface area contributed by atoms with Crippen LogP contribution in [0.25, 0.3) is 0 Å². The Morgan fingerprint density at radius 2 is 1.93 bits per heavy atom. The summed E-state index contributed by atoms with van der Waals surface area (Å²) in [7, 11) is -3.62. The van der Waals surface area contributed by atoms with Gasteiger partial charge in [0.1, 0.15) is 5.84 Å². The highest BCUT2D eigenvalue weighted by Gasteiger charge is 2.29. The number of rotatable bonds is 5. The summed E-state index contributed by atoms with van der Waals surface area (Å²) in [6.45, 7) is 1.72. The van der Waals surface area contributed by atoms with E-state index in [0.29, 0.717) is 11.1 Å². The number of halogens is 2. The van der Waals surface area contributed by atoms with Crippen molar-refractivity contribution >= 4 is 21.8 Å². The molecule has 1 atom stereocenters. The van der Waals surface area contributed by atoms with Crippen molar-refractivity contribution in [2.24, 2.45) is 4.99 Å². The molecule has 9 heteroatoms. The number of carbonyl (C=O) groups is 1. The topological polar surface area (TPSA) is 87.6 Å². The quantitative estimate of drug-likeness (QED) is 0.817. The fraction of sp³-hybridized carbons (Fsp3) is 0.222. The van der Waals surface area contributed by atoms with Crippen LogP contribution in [-0.4, -0.2) is 26.7 Å². The molecular formula is C18H17F2N3O3S. The predicted octanol–water partition coefficient (Wildman–Crippen LogP) is 2.27. The van der Waals surface area contributed by atoms with E-state index in [1.807, 2.05) is 0 Å². The largest absolute Gasteiger partial charge is 0.350 e. The fourth-order valence-corrected chi connectivity index (χ4v) is 3.95. The summed E-state index contributed by atoms with van der Waals surface area (Å²) < 4.78 is 52.6. The van der Waals surface area contributed by atoms with E-state index in [2.05, 4.69) is 15.0 Å². The number of hydrogen-bond donors (Lipinski definition) is 2. The molecule has 1 aliphatic rings. The highest BCUT2D eigenvalue weighted by molar-refractivity contribution is 7.90. The van der Waals surface area contributed by atoms with Gasteiger partial charge in [0.2, 0.25) is 5.91 Å². The molecule has 0 unspecified atom stereocenters. The Morgan fingerprint density at radius 3 is 2.67 bits per heavy atom. The Labute approximate surface area is 155 Å². The number of nitrogens with one attached hydrogen (secondary N) is 2. The third kappa shape index (κ3) is 4.13. The van der Waals surface area contributed by atoms with Gasteiger partial charge in [0, 0.05) is 12.0 Å². The van der Waals surface area contributed by atoms with E-state index in [-0.39, 0.29) is 29.6 Å². The zero-order valence-electron chi connectivity index (χ0n) is 14.4. The number of hydrogen-bond acceptors (Lipinski definition) is 4. The summed E-state index contributed by atoms with van der Waals surface area (Å²) in [6, 6.07) is 9.36. The van der Waals surface area contributed by atoms with Crippen LogP contribution in [0.2, 0.25) is 0 Å². The van der Waals surface area contributed by atoms with Crippen molar-refractivity contribution in [1.82, 2.24) is 10.0 Å². The van der Waals surface area contributed by atoms with Crippen LogP contribution in [0.1, 0.15) is 30.5 Å². The molecule has 0 aromatic heterocycles. The maximum Gasteiger partial charge on any atom is 0.263 e. The second-order valence-electron chi connectivity index (χ2n) is 6.04. The van der Waals surface area contributed by atoms with Crippen molar-refractivity contribution in [3.05, 3.63) is 65.2 Å². The first-order chi connectivity index (χ1) is 12.8. The van der Waals surface area contributed by atoms with Gasteiger partial charge in [-0.1, -0.05) is 18.2 Å². The molecule has 0 spiro atoms. The Morgan fingerprint density at radius 1 is 1.19 bits per heavy atom. The molecule has 0 saturated heterocycles. The van der Waals surface area contributed by atoms with Crippen LogP contribution < -0.4 is 10.0 Å². The lowest BCUT2D eigenvalue weighted by molar-refractivity contribution is -0.121. The zero-order valence-corrected chi connectivity index (χ0v) is 15.2. The second-order valence-corrected chi connectivity index (χ2v) is 7.70. The number of carbonyl (C=O) groups excluding carboxylic acids is 1. The number of aliphatic imine (C=N–C) groups is 1. The summed E-state index contributed by atoms with van der Waals surface area (Å²) in [5.74, 6) is -2.07. The van der Waals surface area contributed by atoms with Crippen molar-refractivity contribution < 1.29 is 22.0 Å². The Bertz CT molecular complexity index is 1020. The summed E-state index contributed by atoms with van der Waals surface area (Å²) in [6.07, 6.45) is 0.0153. The SMILES string of the molecule is C[C@@H](NC(=O)CCN=C1NS(=O)(=O)c2ccccc21)c1ccc(F)c(F)c1. The summed E-state index contributed by atoms with van der Waals surface area (Å²) >= 11 is 0. The maximum atomic E-state index is 13.3. The van der Waals surface area contributed by atoms with Crippen LogP contribution in [-0.2, 0) is 14.8 Å². The number of benzene rings is 2. The van der Waals surface area contributed by atoms with Crippen LogP contribution in [0.15, 0.2) is 52.4 Å². The fourth-order valence-electron chi connectivity index (χ4n) is 2.70. The van der Waals surface area contributed by atoms with E-state index in [0.717, 1.165) is 12.1 Å². The summed E-state index contributed by atoms with van der Waals surface area (Å²) in [4.78, 5) is 16.4. The van der Waals surface area contributed by atoms with Crippen LogP contribution in [0.5, 0.6) is 0 Å². The smallest absolute Gasteiger partial charge is 0.263 e. The van der Waals surface area contributed by atoms with Gasteiger partial charge < -0.3 is 5.32 Å². The number of fused-ring (bicyclic) bond motifs is 1. The minimum atomic E-state index is -3.62. The van der Waals surface area contributed by atoms with Gasteiger partial charge in [0.25, 0.3) is 10.0 Å². The normalized spacial score (nSPS) is 17.2. The van der Waals surface area contributed by atoms with Crippen molar-refractivity contribution in [3.63, 3.8) is 0 Å². The molecular weight excluding hydrogens is 376 g/mol. The molecule has 2 aromatic carbocycles. The van der Waals surface area contributed by atoms with E-state index >= 15 is 0 Å². The van der Waals surface area contributed by atoms with Crippen molar-refractivity contribution in [2.45, 2.75) is 24.3 Å². The number of amides is 1. The van der Waals surface area contributed by atoms with E-state index in [9.17, 15) is 22.0 Å². The molecule has 3 rings (SSSR count). The van der Waals surface area contributed by atoms with Crippen LogP contribution >= 0.6 is 0 Å². The van der Waals surface area contributed by atoms with E-state index in [1.54, 1.807) is 25.1 Å². The van der Waals surface area contributed by atoms with E-state index < -0.39 is 27.7 Å². The Hall–Kier alpha value is -2.81. The third-order valence-electron chi connectivity index (χ3n) is 4.09. The molecule has 1 aliphatic heterocycles. The van der Waals surface area contributed by atoms with Gasteiger partial charge in [-0.25, -0.2) is 17.2 Å². The van der Waals surface area contributed by atoms with Gasteiger partial charge in [-0.15, -0.1) is 0 Å². The predicted molar refractivity (Wildman–Crippen MR) is 95.7 cm³/mol. The molecule has 2 aromatic rings. The van der Waals surface area contributed by atoms with Crippen molar-refractivity contribution in [1.29, 1.82) is 0 Å². The second kappa shape index (κ2) is 7.43. The lowest BCUT2D eigenvalue weighted by atomic mass is 10.1. The van der Waals surface area contributed by atoms with Gasteiger partial charge in [0.05, 0.1) is 17.5 Å². The van der Waals surface area contributed by atoms with Crippen molar-refractivity contribution in [2.75, 3.05) is 6.54 Å². The van der Waals surface area contributed by atoms with Crippen molar-refractivity contribution in [3.8, 4) is 0 Å². The molecule has 0 saturated carbocycles. The molecule has 0 bridgehead atoms. The molecule has 1 amide bonds. The molecule has 27 heavy (non-hydrogen) atoms. The van der Waals surface area contributed by atoms with Gasteiger partial charge in [-0.2, -0.15) is 0 Å². The molecule has 0 radical (unpaired) electrons. The minimum absolute atomic E-state index is 0.0153. The van der Waals surface area contributed by atoms with Gasteiger partial charge in [-0.05, 0) is 36.8 Å². The first-order valence-electron chi connectivity index (χ1n) is 8.19. The first kappa shape index (κ1) is 19.0. The zero-order chi connectivity index (χ0) is 19.6. The van der Waals surface area contributed by atoms with E-state index in [4.69, 9.17) is 0 Å². The first-order valence-corrected chi connectivity index (χ1v) is 9.67. The summed E-state index contributed by atoms with van der Waals surface area (Å²) in [5.41, 5.74) is 0.902. The van der Waals surface area contributed by atoms with Crippen LogP contribution in [0, 0.1) is 11.6 Å². The van der Waals surface area contributed by atoms with Gasteiger partial charge in [-0.3, -0.25) is 14.5 Å². The standard InChI is InChI=1S/C18H17F2N3O3S/c1-11(12-6-7-14(19)15(20)10-12)22-17(24)8-9-21-18-13-4-2-3-5-16(13)27(25,26)23-18/h2-7,10-11H,8-9H2,1H3,(H,21,23)(H,22,24)/t11-/m1/s1. The molecule has 0 fully saturated rings. The molecule has 6 nitrogen and oxygen atoms in total.